The molecule has 0 aliphatic carbocycles. The maximum atomic E-state index is 12.2. The minimum absolute atomic E-state index is 0.0661. The number of anilines is 1. The van der Waals surface area contributed by atoms with Gasteiger partial charge in [-0.05, 0) is 36.4 Å². The number of amides is 2. The summed E-state index contributed by atoms with van der Waals surface area (Å²) in [4.78, 5) is 12.0. The van der Waals surface area contributed by atoms with Gasteiger partial charge in [-0.3, -0.25) is 5.32 Å². The van der Waals surface area contributed by atoms with E-state index in [1.807, 2.05) is 22.9 Å². The molecule has 9 heteroatoms. The molecule has 0 bridgehead atoms. The lowest BCUT2D eigenvalue weighted by Crippen LogP contribution is -2.34. The second-order valence-corrected chi connectivity index (χ2v) is 7.10. The summed E-state index contributed by atoms with van der Waals surface area (Å²) in [6, 6.07) is 15.3. The molecule has 0 fully saturated rings. The average Bonchev–Trinajstić information content (AvgIpc) is 3.03. The Hall–Kier alpha value is -2.84. The number of aromatic nitrogens is 2. The lowest BCUT2D eigenvalue weighted by atomic mass is 10.3. The van der Waals surface area contributed by atoms with Gasteiger partial charge in [0.1, 0.15) is 5.82 Å². The summed E-state index contributed by atoms with van der Waals surface area (Å²) in [5.41, 5.74) is 0.725. The first-order valence-corrected chi connectivity index (χ1v) is 9.01. The Balaban J connectivity index is 1.76. The molecule has 1 heterocycles. The fourth-order valence-corrected chi connectivity index (χ4v) is 3.14. The topological polar surface area (TPSA) is 93.1 Å². The van der Waals surface area contributed by atoms with Gasteiger partial charge in [0.05, 0.1) is 16.8 Å². The second-order valence-electron chi connectivity index (χ2n) is 4.98. The first kappa shape index (κ1) is 17.0. The normalized spacial score (nSPS) is 11.1. The van der Waals surface area contributed by atoms with E-state index in [-0.39, 0.29) is 4.90 Å². The van der Waals surface area contributed by atoms with Crippen molar-refractivity contribution < 1.29 is 13.2 Å². The number of halogens is 1. The van der Waals surface area contributed by atoms with Crippen molar-refractivity contribution in [3.63, 3.8) is 0 Å². The highest BCUT2D eigenvalue weighted by atomic mass is 35.5. The number of hydrogen-bond acceptors (Lipinski definition) is 4. The van der Waals surface area contributed by atoms with Crippen LogP contribution in [0.25, 0.3) is 5.69 Å². The summed E-state index contributed by atoms with van der Waals surface area (Å²) < 4.78 is 27.8. The fourth-order valence-electron chi connectivity index (χ4n) is 2.11. The summed E-state index contributed by atoms with van der Waals surface area (Å²) >= 11 is 5.73. The van der Waals surface area contributed by atoms with Gasteiger partial charge in [-0.25, -0.2) is 22.6 Å². The van der Waals surface area contributed by atoms with Crippen molar-refractivity contribution in [2.75, 3.05) is 5.32 Å². The van der Waals surface area contributed by atoms with Crippen LogP contribution in [0.4, 0.5) is 10.6 Å². The number of hydrogen-bond donors (Lipinski definition) is 2. The zero-order valence-corrected chi connectivity index (χ0v) is 14.3. The van der Waals surface area contributed by atoms with Crippen molar-refractivity contribution in [3.8, 4) is 5.69 Å². The third-order valence-electron chi connectivity index (χ3n) is 3.24. The number of benzene rings is 2. The highest BCUT2D eigenvalue weighted by Crippen LogP contribution is 2.16. The first-order valence-electron chi connectivity index (χ1n) is 7.14. The van der Waals surface area contributed by atoms with E-state index in [0.29, 0.717) is 10.8 Å². The number of carbonyl (C=O) groups is 1. The standard InChI is InChI=1S/C16H13ClN4O3S/c17-12-6-8-14(9-7-12)25(23,24)20-16(22)19-15-10-11-18-21(15)13-4-2-1-3-5-13/h1-11H,(H2,19,20,22). The second kappa shape index (κ2) is 6.96. The monoisotopic (exact) mass is 376 g/mol. The molecule has 2 amide bonds. The quantitative estimate of drug-likeness (QED) is 0.731. The number of nitrogens with one attached hydrogen (secondary N) is 2. The van der Waals surface area contributed by atoms with Crippen LogP contribution in [0.2, 0.25) is 5.02 Å². The number of carbonyl (C=O) groups excluding carboxylic acids is 1. The van der Waals surface area contributed by atoms with Crippen molar-refractivity contribution >= 4 is 33.5 Å². The summed E-state index contributed by atoms with van der Waals surface area (Å²) in [5.74, 6) is 0.329. The number of urea groups is 1. The summed E-state index contributed by atoms with van der Waals surface area (Å²) in [6.07, 6.45) is 1.50. The molecule has 128 valence electrons. The van der Waals surface area contributed by atoms with E-state index >= 15 is 0 Å². The van der Waals surface area contributed by atoms with E-state index in [1.54, 1.807) is 18.2 Å². The van der Waals surface area contributed by atoms with Gasteiger partial charge in [0.2, 0.25) is 0 Å². The van der Waals surface area contributed by atoms with Crippen LogP contribution in [0, 0.1) is 0 Å². The zero-order valence-electron chi connectivity index (χ0n) is 12.8. The van der Waals surface area contributed by atoms with Crippen LogP contribution in [-0.4, -0.2) is 24.2 Å². The van der Waals surface area contributed by atoms with Gasteiger partial charge in [0.15, 0.2) is 0 Å². The van der Waals surface area contributed by atoms with Gasteiger partial charge in [0, 0.05) is 11.1 Å². The molecule has 3 aromatic rings. The van der Waals surface area contributed by atoms with Crippen molar-refractivity contribution in [2.45, 2.75) is 4.90 Å². The van der Waals surface area contributed by atoms with Crippen molar-refractivity contribution in [2.24, 2.45) is 0 Å². The van der Waals surface area contributed by atoms with E-state index in [4.69, 9.17) is 11.6 Å². The molecular formula is C16H13ClN4O3S. The lowest BCUT2D eigenvalue weighted by Gasteiger charge is -2.10. The van der Waals surface area contributed by atoms with Crippen LogP contribution in [0.15, 0.2) is 71.8 Å². The molecule has 3 rings (SSSR count). The highest BCUT2D eigenvalue weighted by Gasteiger charge is 2.18. The Morgan fingerprint density at radius 3 is 2.36 bits per heavy atom. The van der Waals surface area contributed by atoms with E-state index in [0.717, 1.165) is 5.69 Å². The summed E-state index contributed by atoms with van der Waals surface area (Å²) in [5, 5.41) is 6.98. The van der Waals surface area contributed by atoms with Gasteiger partial charge in [-0.1, -0.05) is 29.8 Å². The Kier molecular flexibility index (Phi) is 4.73. The van der Waals surface area contributed by atoms with Crippen LogP contribution in [0.3, 0.4) is 0 Å². The van der Waals surface area contributed by atoms with Crippen LogP contribution in [-0.2, 0) is 10.0 Å². The summed E-state index contributed by atoms with van der Waals surface area (Å²) in [6.45, 7) is 0. The molecule has 2 N–H and O–H groups in total. The van der Waals surface area contributed by atoms with Gasteiger partial charge in [0.25, 0.3) is 10.0 Å². The molecule has 0 radical (unpaired) electrons. The van der Waals surface area contributed by atoms with Crippen molar-refractivity contribution in [1.29, 1.82) is 0 Å². The van der Waals surface area contributed by atoms with Gasteiger partial charge >= 0.3 is 6.03 Å². The molecule has 0 saturated heterocycles. The molecular weight excluding hydrogens is 364 g/mol. The molecule has 0 spiro atoms. The van der Waals surface area contributed by atoms with Gasteiger partial charge in [-0.2, -0.15) is 5.10 Å². The molecule has 2 aromatic carbocycles. The van der Waals surface area contributed by atoms with Crippen LogP contribution in [0.1, 0.15) is 0 Å². The molecule has 0 aliphatic rings. The Labute approximate surface area is 149 Å². The lowest BCUT2D eigenvalue weighted by molar-refractivity contribution is 0.256. The molecule has 0 unspecified atom stereocenters. The van der Waals surface area contributed by atoms with E-state index < -0.39 is 16.1 Å². The van der Waals surface area contributed by atoms with Crippen LogP contribution >= 0.6 is 11.6 Å². The zero-order chi connectivity index (χ0) is 17.9. The highest BCUT2D eigenvalue weighted by molar-refractivity contribution is 7.90. The molecule has 1 aromatic heterocycles. The largest absolute Gasteiger partial charge is 0.334 e. The average molecular weight is 377 g/mol. The molecule has 0 saturated carbocycles. The van der Waals surface area contributed by atoms with Crippen molar-refractivity contribution in [1.82, 2.24) is 14.5 Å². The van der Waals surface area contributed by atoms with Gasteiger partial charge in [-0.15, -0.1) is 0 Å². The Bertz CT molecular complexity index is 986. The molecule has 0 aliphatic heterocycles. The summed E-state index contributed by atoms with van der Waals surface area (Å²) in [7, 11) is -4.01. The third kappa shape index (κ3) is 3.98. The van der Waals surface area contributed by atoms with E-state index in [9.17, 15) is 13.2 Å². The van der Waals surface area contributed by atoms with Gasteiger partial charge < -0.3 is 0 Å². The predicted octanol–water partition coefficient (Wildman–Crippen LogP) is 3.04. The Morgan fingerprint density at radius 2 is 1.68 bits per heavy atom. The van der Waals surface area contributed by atoms with Crippen molar-refractivity contribution in [3.05, 3.63) is 71.9 Å². The molecule has 25 heavy (non-hydrogen) atoms. The third-order valence-corrected chi connectivity index (χ3v) is 4.83. The number of rotatable bonds is 4. The smallest absolute Gasteiger partial charge is 0.291 e. The fraction of sp³-hybridized carbons (Fsp3) is 0. The number of para-hydroxylation sites is 1. The number of sulfonamides is 1. The maximum Gasteiger partial charge on any atom is 0.334 e. The SMILES string of the molecule is O=C(Nc1ccnn1-c1ccccc1)NS(=O)(=O)c1ccc(Cl)cc1. The molecule has 0 atom stereocenters. The van der Waals surface area contributed by atoms with Crippen LogP contribution in [0.5, 0.6) is 0 Å². The van der Waals surface area contributed by atoms with E-state index in [1.165, 1.54) is 35.1 Å². The first-order chi connectivity index (χ1) is 12.0. The minimum Gasteiger partial charge on any atom is -0.291 e. The minimum atomic E-state index is -4.01. The predicted molar refractivity (Wildman–Crippen MR) is 94.4 cm³/mol. The Morgan fingerprint density at radius 1 is 1.00 bits per heavy atom. The van der Waals surface area contributed by atoms with E-state index in [2.05, 4.69) is 10.4 Å². The molecule has 7 nitrogen and oxygen atoms in total. The van der Waals surface area contributed by atoms with Crippen LogP contribution < -0.4 is 10.0 Å². The number of nitrogens with zero attached hydrogens (tertiary/aromatic N) is 2. The maximum absolute atomic E-state index is 12.2.